The Balaban J connectivity index is 1.72. The molecule has 27 heavy (non-hydrogen) atoms. The summed E-state index contributed by atoms with van der Waals surface area (Å²) in [6.07, 6.45) is 1.62. The number of rotatable bonds is 7. The van der Waals surface area contributed by atoms with Crippen molar-refractivity contribution in [2.24, 2.45) is 5.10 Å². The van der Waals surface area contributed by atoms with E-state index in [0.717, 1.165) is 11.1 Å². The van der Waals surface area contributed by atoms with Gasteiger partial charge in [0.2, 0.25) is 0 Å². The van der Waals surface area contributed by atoms with Gasteiger partial charge in [0.1, 0.15) is 12.4 Å². The predicted molar refractivity (Wildman–Crippen MR) is 107 cm³/mol. The minimum Gasteiger partial charge on any atom is -0.488 e. The predicted octanol–water partition coefficient (Wildman–Crippen LogP) is 4.72. The lowest BCUT2D eigenvalue weighted by Crippen LogP contribution is -2.03. The Labute approximate surface area is 157 Å². The molecule has 0 spiro atoms. The summed E-state index contributed by atoms with van der Waals surface area (Å²) >= 11 is 0. The molecule has 3 rings (SSSR count). The first-order chi connectivity index (χ1) is 13.1. The summed E-state index contributed by atoms with van der Waals surface area (Å²) in [4.78, 5) is 11.2. The number of nitrogens with one attached hydrogen (secondary N) is 1. The van der Waals surface area contributed by atoms with Crippen molar-refractivity contribution in [2.75, 3.05) is 5.43 Å². The van der Waals surface area contributed by atoms with E-state index in [0.29, 0.717) is 18.0 Å². The molecule has 136 valence electrons. The summed E-state index contributed by atoms with van der Waals surface area (Å²) in [6.45, 7) is 2.52. The van der Waals surface area contributed by atoms with Crippen molar-refractivity contribution in [1.29, 1.82) is 0 Å². The molecule has 0 saturated carbocycles. The molecule has 0 heterocycles. The standard InChI is InChI=1S/C22H20N2O3/c1-16-8-2-3-10-18(16)15-27-21-13-7-4-9-17(21)14-23-24-20-12-6-5-11-19(20)22(25)26/h2-14,24H,15H2,1H3,(H,25,26)/b23-14+. The van der Waals surface area contributed by atoms with Crippen LogP contribution in [-0.4, -0.2) is 17.3 Å². The molecular weight excluding hydrogens is 340 g/mol. The van der Waals surface area contributed by atoms with Crippen LogP contribution in [0.4, 0.5) is 5.69 Å². The van der Waals surface area contributed by atoms with E-state index in [9.17, 15) is 9.90 Å². The average molecular weight is 360 g/mol. The van der Waals surface area contributed by atoms with Crippen molar-refractivity contribution in [3.05, 3.63) is 95.1 Å². The van der Waals surface area contributed by atoms with E-state index in [-0.39, 0.29) is 5.56 Å². The van der Waals surface area contributed by atoms with E-state index in [1.807, 2.05) is 42.5 Å². The highest BCUT2D eigenvalue weighted by molar-refractivity contribution is 5.94. The second kappa shape index (κ2) is 8.67. The molecule has 0 amide bonds. The number of carboxylic acids is 1. The van der Waals surface area contributed by atoms with Gasteiger partial charge in [-0.1, -0.05) is 48.5 Å². The summed E-state index contributed by atoms with van der Waals surface area (Å²) in [6, 6.07) is 22.3. The zero-order chi connectivity index (χ0) is 19.1. The summed E-state index contributed by atoms with van der Waals surface area (Å²) < 4.78 is 5.96. The zero-order valence-electron chi connectivity index (χ0n) is 14.9. The van der Waals surface area contributed by atoms with Crippen molar-refractivity contribution < 1.29 is 14.6 Å². The van der Waals surface area contributed by atoms with Crippen molar-refractivity contribution in [3.63, 3.8) is 0 Å². The normalized spacial score (nSPS) is 10.7. The van der Waals surface area contributed by atoms with Gasteiger partial charge in [0, 0.05) is 5.56 Å². The summed E-state index contributed by atoms with van der Waals surface area (Å²) in [5, 5.41) is 13.4. The Hall–Kier alpha value is -3.60. The van der Waals surface area contributed by atoms with Gasteiger partial charge in [-0.05, 0) is 42.3 Å². The third-order valence-corrected chi connectivity index (χ3v) is 4.11. The van der Waals surface area contributed by atoms with E-state index in [4.69, 9.17) is 4.74 Å². The third kappa shape index (κ3) is 4.73. The van der Waals surface area contributed by atoms with E-state index < -0.39 is 5.97 Å². The lowest BCUT2D eigenvalue weighted by atomic mass is 10.1. The largest absolute Gasteiger partial charge is 0.488 e. The molecule has 5 heteroatoms. The molecule has 0 aliphatic carbocycles. The Bertz CT molecular complexity index is 967. The first-order valence-corrected chi connectivity index (χ1v) is 8.53. The number of anilines is 1. The molecule has 0 aliphatic heterocycles. The van der Waals surface area contributed by atoms with Crippen LogP contribution in [0.1, 0.15) is 27.0 Å². The number of hydrogen-bond donors (Lipinski definition) is 2. The lowest BCUT2D eigenvalue weighted by Gasteiger charge is -2.11. The molecule has 2 N–H and O–H groups in total. The van der Waals surface area contributed by atoms with Crippen LogP contribution in [0.3, 0.4) is 0 Å². The summed E-state index contributed by atoms with van der Waals surface area (Å²) in [7, 11) is 0. The van der Waals surface area contributed by atoms with Gasteiger partial charge in [-0.3, -0.25) is 5.43 Å². The number of benzene rings is 3. The number of aromatic carboxylic acids is 1. The maximum absolute atomic E-state index is 11.2. The fourth-order valence-corrected chi connectivity index (χ4v) is 2.58. The molecule has 0 aromatic heterocycles. The molecule has 0 radical (unpaired) electrons. The summed E-state index contributed by atoms with van der Waals surface area (Å²) in [5.74, 6) is -0.298. The molecule has 0 atom stereocenters. The van der Waals surface area contributed by atoms with Gasteiger partial charge >= 0.3 is 5.97 Å². The van der Waals surface area contributed by atoms with E-state index in [2.05, 4.69) is 23.5 Å². The van der Waals surface area contributed by atoms with Gasteiger partial charge in [0.05, 0.1) is 17.5 Å². The summed E-state index contributed by atoms with van der Waals surface area (Å²) in [5.41, 5.74) is 6.48. The number of carboxylic acid groups (broad SMARTS) is 1. The maximum atomic E-state index is 11.2. The molecule has 0 saturated heterocycles. The fourth-order valence-electron chi connectivity index (χ4n) is 2.58. The minimum atomic E-state index is -1.00. The van der Waals surface area contributed by atoms with Gasteiger partial charge in [0.25, 0.3) is 0 Å². The highest BCUT2D eigenvalue weighted by Crippen LogP contribution is 2.19. The molecule has 0 aliphatic rings. The molecular formula is C22H20N2O3. The molecule has 3 aromatic rings. The fraction of sp³-hybridized carbons (Fsp3) is 0.0909. The SMILES string of the molecule is Cc1ccccc1COc1ccccc1/C=N/Nc1ccccc1C(=O)O. The van der Waals surface area contributed by atoms with Crippen molar-refractivity contribution in [1.82, 2.24) is 0 Å². The third-order valence-electron chi connectivity index (χ3n) is 4.11. The quantitative estimate of drug-likeness (QED) is 0.472. The molecule has 5 nitrogen and oxygen atoms in total. The molecule has 3 aromatic carbocycles. The van der Waals surface area contributed by atoms with Crippen LogP contribution in [0, 0.1) is 6.92 Å². The number of nitrogens with zero attached hydrogens (tertiary/aromatic N) is 1. The first-order valence-electron chi connectivity index (χ1n) is 8.53. The van der Waals surface area contributed by atoms with Crippen LogP contribution in [-0.2, 0) is 6.61 Å². The number of carbonyl (C=O) groups is 1. The topological polar surface area (TPSA) is 70.9 Å². The van der Waals surface area contributed by atoms with Crippen molar-refractivity contribution in [3.8, 4) is 5.75 Å². The van der Waals surface area contributed by atoms with E-state index >= 15 is 0 Å². The first kappa shape index (κ1) is 18.2. The minimum absolute atomic E-state index is 0.165. The van der Waals surface area contributed by atoms with E-state index in [1.54, 1.807) is 24.4 Å². The number of ether oxygens (including phenoxy) is 1. The average Bonchev–Trinajstić information content (AvgIpc) is 2.68. The van der Waals surface area contributed by atoms with Crippen LogP contribution in [0.2, 0.25) is 0 Å². The molecule has 0 fully saturated rings. The Morgan fingerprint density at radius 3 is 2.56 bits per heavy atom. The van der Waals surface area contributed by atoms with Crippen LogP contribution < -0.4 is 10.2 Å². The Morgan fingerprint density at radius 2 is 1.74 bits per heavy atom. The number of hydrazone groups is 1. The van der Waals surface area contributed by atoms with Crippen molar-refractivity contribution in [2.45, 2.75) is 13.5 Å². The number of para-hydroxylation sites is 2. The highest BCUT2D eigenvalue weighted by Gasteiger charge is 2.08. The van der Waals surface area contributed by atoms with Gasteiger partial charge in [-0.25, -0.2) is 4.79 Å². The second-order valence-electron chi connectivity index (χ2n) is 5.97. The van der Waals surface area contributed by atoms with Crippen LogP contribution in [0.25, 0.3) is 0 Å². The molecule has 0 unspecified atom stereocenters. The van der Waals surface area contributed by atoms with Gasteiger partial charge < -0.3 is 9.84 Å². The van der Waals surface area contributed by atoms with Gasteiger partial charge in [0.15, 0.2) is 0 Å². The van der Waals surface area contributed by atoms with Gasteiger partial charge in [-0.2, -0.15) is 5.10 Å². The Morgan fingerprint density at radius 1 is 1.04 bits per heavy atom. The molecule has 0 bridgehead atoms. The number of hydrogen-bond acceptors (Lipinski definition) is 4. The van der Waals surface area contributed by atoms with Crippen molar-refractivity contribution >= 4 is 17.9 Å². The number of aryl methyl sites for hydroxylation is 1. The second-order valence-corrected chi connectivity index (χ2v) is 5.97. The zero-order valence-corrected chi connectivity index (χ0v) is 14.9. The van der Waals surface area contributed by atoms with Crippen LogP contribution >= 0.6 is 0 Å². The monoisotopic (exact) mass is 360 g/mol. The van der Waals surface area contributed by atoms with Crippen LogP contribution in [0.15, 0.2) is 77.9 Å². The van der Waals surface area contributed by atoms with Crippen LogP contribution in [0.5, 0.6) is 5.75 Å². The van der Waals surface area contributed by atoms with Gasteiger partial charge in [-0.15, -0.1) is 0 Å². The lowest BCUT2D eigenvalue weighted by molar-refractivity contribution is 0.0698. The highest BCUT2D eigenvalue weighted by atomic mass is 16.5. The Kier molecular flexibility index (Phi) is 5.84. The smallest absolute Gasteiger partial charge is 0.337 e. The maximum Gasteiger partial charge on any atom is 0.337 e. The van der Waals surface area contributed by atoms with E-state index in [1.165, 1.54) is 11.6 Å².